The molecule has 1 nitrogen and oxygen atoms in total. The lowest BCUT2D eigenvalue weighted by molar-refractivity contribution is 0.273. The van der Waals surface area contributed by atoms with E-state index in [1.807, 2.05) is 13.8 Å². The summed E-state index contributed by atoms with van der Waals surface area (Å²) in [6, 6.07) is 0. The Labute approximate surface area is 79.2 Å². The van der Waals surface area contributed by atoms with Crippen molar-refractivity contribution in [2.24, 2.45) is 5.41 Å². The van der Waals surface area contributed by atoms with Gasteiger partial charge in [-0.3, -0.25) is 0 Å². The number of hydrogen-bond donors (Lipinski definition) is 0. The van der Waals surface area contributed by atoms with Gasteiger partial charge in [-0.2, -0.15) is 0 Å². The van der Waals surface area contributed by atoms with E-state index in [-0.39, 0.29) is 0 Å². The summed E-state index contributed by atoms with van der Waals surface area (Å²) in [7, 11) is 2.17. The van der Waals surface area contributed by atoms with Crippen LogP contribution >= 0.6 is 0 Å². The smallest absolute Gasteiger partial charge is 0.00169 e. The van der Waals surface area contributed by atoms with Crippen molar-refractivity contribution in [2.45, 2.75) is 48.0 Å². The van der Waals surface area contributed by atoms with Gasteiger partial charge in [0.05, 0.1) is 0 Å². The normalized spacial score (nSPS) is 11.0. The number of hydrogen-bond acceptors (Lipinski definition) is 1. The summed E-state index contributed by atoms with van der Waals surface area (Å²) in [5.74, 6) is 0. The quantitative estimate of drug-likeness (QED) is 0.632. The fraction of sp³-hybridized carbons (Fsp3) is 1.00. The van der Waals surface area contributed by atoms with E-state index in [2.05, 4.69) is 39.6 Å². The average molecular weight is 173 g/mol. The maximum absolute atomic E-state index is 2.35. The van der Waals surface area contributed by atoms with Gasteiger partial charge in [0, 0.05) is 0 Å². The van der Waals surface area contributed by atoms with Crippen molar-refractivity contribution in [3.05, 3.63) is 0 Å². The van der Waals surface area contributed by atoms with E-state index < -0.39 is 0 Å². The molecule has 0 saturated heterocycles. The summed E-state index contributed by atoms with van der Waals surface area (Å²) in [4.78, 5) is 2.35. The Morgan fingerprint density at radius 2 is 1.50 bits per heavy atom. The van der Waals surface area contributed by atoms with Gasteiger partial charge in [-0.25, -0.2) is 0 Å². The minimum atomic E-state index is 0.490. The molecule has 0 aliphatic rings. The molecule has 0 heterocycles. The van der Waals surface area contributed by atoms with Gasteiger partial charge >= 0.3 is 0 Å². The Morgan fingerprint density at radius 1 is 1.08 bits per heavy atom. The molecule has 0 aromatic heterocycles. The molecule has 0 spiro atoms. The van der Waals surface area contributed by atoms with Crippen molar-refractivity contribution >= 4 is 0 Å². The van der Waals surface area contributed by atoms with Gasteiger partial charge < -0.3 is 4.90 Å². The molecule has 0 fully saturated rings. The summed E-state index contributed by atoms with van der Waals surface area (Å²) in [6.45, 7) is 15.4. The summed E-state index contributed by atoms with van der Waals surface area (Å²) in [5.41, 5.74) is 0.490. The highest BCUT2D eigenvalue weighted by molar-refractivity contribution is 4.63. The van der Waals surface area contributed by atoms with Crippen LogP contribution in [0.25, 0.3) is 0 Å². The molecule has 0 N–H and O–H groups in total. The van der Waals surface area contributed by atoms with Gasteiger partial charge in [0.2, 0.25) is 0 Å². The second-order valence-corrected chi connectivity index (χ2v) is 4.21. The SMILES string of the molecule is CC.CCN(C)CCC(C)(C)C. The van der Waals surface area contributed by atoms with E-state index in [0.29, 0.717) is 5.41 Å². The van der Waals surface area contributed by atoms with Gasteiger partial charge in [0.15, 0.2) is 0 Å². The largest absolute Gasteiger partial charge is 0.307 e. The molecular formula is C11H27N. The minimum Gasteiger partial charge on any atom is -0.307 e. The topological polar surface area (TPSA) is 3.24 Å². The predicted octanol–water partition coefficient (Wildman–Crippen LogP) is 3.40. The third kappa shape index (κ3) is 12.6. The Hall–Kier alpha value is -0.0400. The molecule has 12 heavy (non-hydrogen) atoms. The molecule has 1 heteroatoms. The second kappa shape index (κ2) is 7.60. The zero-order valence-electron chi connectivity index (χ0n) is 10.1. The van der Waals surface area contributed by atoms with Crippen molar-refractivity contribution in [1.29, 1.82) is 0 Å². The van der Waals surface area contributed by atoms with E-state index in [0.717, 1.165) is 6.54 Å². The first-order valence-corrected chi connectivity index (χ1v) is 5.14. The lowest BCUT2D eigenvalue weighted by Gasteiger charge is -2.22. The summed E-state index contributed by atoms with van der Waals surface area (Å²) >= 11 is 0. The van der Waals surface area contributed by atoms with Gasteiger partial charge in [-0.1, -0.05) is 41.5 Å². The molecule has 0 aromatic rings. The van der Waals surface area contributed by atoms with Crippen molar-refractivity contribution < 1.29 is 0 Å². The van der Waals surface area contributed by atoms with E-state index in [9.17, 15) is 0 Å². The van der Waals surface area contributed by atoms with Crippen LogP contribution in [0.15, 0.2) is 0 Å². The van der Waals surface area contributed by atoms with Gasteiger partial charge in [-0.15, -0.1) is 0 Å². The molecule has 0 aliphatic heterocycles. The van der Waals surface area contributed by atoms with E-state index >= 15 is 0 Å². The fourth-order valence-electron chi connectivity index (χ4n) is 0.684. The van der Waals surface area contributed by atoms with Crippen molar-refractivity contribution in [3.8, 4) is 0 Å². The Bertz CT molecular complexity index is 81.5. The van der Waals surface area contributed by atoms with Gasteiger partial charge in [0.25, 0.3) is 0 Å². The van der Waals surface area contributed by atoms with Crippen molar-refractivity contribution in [3.63, 3.8) is 0 Å². The average Bonchev–Trinajstić information content (AvgIpc) is 2.03. The first-order chi connectivity index (χ1) is 5.45. The van der Waals surface area contributed by atoms with Crippen LogP contribution in [0.1, 0.15) is 48.0 Å². The third-order valence-corrected chi connectivity index (χ3v) is 1.78. The zero-order chi connectivity index (χ0) is 10.2. The van der Waals surface area contributed by atoms with Crippen LogP contribution in [0.2, 0.25) is 0 Å². The van der Waals surface area contributed by atoms with Crippen LogP contribution in [0, 0.1) is 5.41 Å². The minimum absolute atomic E-state index is 0.490. The highest BCUT2D eigenvalue weighted by Crippen LogP contribution is 2.17. The molecule has 0 aliphatic carbocycles. The summed E-state index contributed by atoms with van der Waals surface area (Å²) in [6.07, 6.45) is 1.29. The highest BCUT2D eigenvalue weighted by Gasteiger charge is 2.09. The Balaban J connectivity index is 0. The molecule has 0 aromatic carbocycles. The molecule has 0 rings (SSSR count). The molecule has 76 valence electrons. The highest BCUT2D eigenvalue weighted by atomic mass is 15.1. The maximum Gasteiger partial charge on any atom is -0.00169 e. The van der Waals surface area contributed by atoms with Gasteiger partial charge in [0.1, 0.15) is 0 Å². The maximum atomic E-state index is 2.35. The number of nitrogens with zero attached hydrogens (tertiary/aromatic N) is 1. The summed E-state index contributed by atoms with van der Waals surface area (Å²) in [5, 5.41) is 0. The van der Waals surface area contributed by atoms with Crippen molar-refractivity contribution in [1.82, 2.24) is 4.90 Å². The monoisotopic (exact) mass is 173 g/mol. The molecular weight excluding hydrogens is 146 g/mol. The van der Waals surface area contributed by atoms with Crippen LogP contribution in [0.5, 0.6) is 0 Å². The molecule has 0 unspecified atom stereocenters. The summed E-state index contributed by atoms with van der Waals surface area (Å²) < 4.78 is 0. The lowest BCUT2D eigenvalue weighted by atomic mass is 9.92. The zero-order valence-corrected chi connectivity index (χ0v) is 10.1. The second-order valence-electron chi connectivity index (χ2n) is 4.21. The first kappa shape index (κ1) is 14.5. The fourth-order valence-corrected chi connectivity index (χ4v) is 0.684. The predicted molar refractivity (Wildman–Crippen MR) is 58.6 cm³/mol. The molecule has 0 radical (unpaired) electrons. The van der Waals surface area contributed by atoms with Crippen LogP contribution in [-0.4, -0.2) is 25.0 Å². The van der Waals surface area contributed by atoms with Crippen LogP contribution in [0.3, 0.4) is 0 Å². The van der Waals surface area contributed by atoms with Gasteiger partial charge in [-0.05, 0) is 32.0 Å². The van der Waals surface area contributed by atoms with Crippen molar-refractivity contribution in [2.75, 3.05) is 20.1 Å². The standard InChI is InChI=1S/C9H21N.C2H6/c1-6-10(5)8-7-9(2,3)4;1-2/h6-8H2,1-5H3;1-2H3. The van der Waals surface area contributed by atoms with Crippen LogP contribution in [-0.2, 0) is 0 Å². The lowest BCUT2D eigenvalue weighted by Crippen LogP contribution is -2.22. The van der Waals surface area contributed by atoms with E-state index in [4.69, 9.17) is 0 Å². The van der Waals surface area contributed by atoms with E-state index in [1.165, 1.54) is 13.0 Å². The first-order valence-electron chi connectivity index (χ1n) is 5.14. The van der Waals surface area contributed by atoms with Crippen LogP contribution in [0.4, 0.5) is 0 Å². The van der Waals surface area contributed by atoms with Crippen LogP contribution < -0.4 is 0 Å². The third-order valence-electron chi connectivity index (χ3n) is 1.78. The Kier molecular flexibility index (Phi) is 9.17. The molecule has 0 bridgehead atoms. The Morgan fingerprint density at radius 3 is 1.75 bits per heavy atom. The molecule has 0 saturated carbocycles. The van der Waals surface area contributed by atoms with E-state index in [1.54, 1.807) is 0 Å². The number of rotatable bonds is 3. The molecule has 0 amide bonds. The molecule has 0 atom stereocenters.